The van der Waals surface area contributed by atoms with E-state index in [1.54, 1.807) is 13.1 Å². The van der Waals surface area contributed by atoms with Crippen LogP contribution in [0.1, 0.15) is 5.82 Å². The normalized spacial score (nSPS) is 10.8. The van der Waals surface area contributed by atoms with E-state index in [2.05, 4.69) is 41.1 Å². The summed E-state index contributed by atoms with van der Waals surface area (Å²) in [6, 6.07) is 3.73. The molecule has 0 aliphatic heterocycles. The van der Waals surface area contributed by atoms with E-state index in [1.165, 1.54) is 6.20 Å². The summed E-state index contributed by atoms with van der Waals surface area (Å²) in [7, 11) is 1.90. The predicted octanol–water partition coefficient (Wildman–Crippen LogP) is 0.791. The lowest BCUT2D eigenvalue weighted by Crippen LogP contribution is -2.18. The minimum Gasteiger partial charge on any atom is -0.369 e. The van der Waals surface area contributed by atoms with Gasteiger partial charge in [-0.1, -0.05) is 0 Å². The van der Waals surface area contributed by atoms with Gasteiger partial charge in [-0.05, 0) is 26.1 Å². The standard InChI is InChI=1S/C15H18N8O/c1-9-20-11-8-19-23-15(24)13(11)14(21-9)22-10-3-4-12(18-7-10)17-6-5-16-2/h3-4,7-8,16H,5-6H2,1-2H3,(H,17,18)(H,23,24)(H,20,21,22). The number of nitrogens with zero attached hydrogens (tertiary/aromatic N) is 4. The van der Waals surface area contributed by atoms with Crippen molar-refractivity contribution < 1.29 is 0 Å². The van der Waals surface area contributed by atoms with Crippen molar-refractivity contribution in [2.45, 2.75) is 6.92 Å². The van der Waals surface area contributed by atoms with E-state index in [1.807, 2.05) is 19.2 Å². The fourth-order valence-electron chi connectivity index (χ4n) is 2.23. The number of nitrogens with one attached hydrogen (secondary N) is 4. The van der Waals surface area contributed by atoms with Crippen LogP contribution >= 0.6 is 0 Å². The van der Waals surface area contributed by atoms with Gasteiger partial charge in [-0.15, -0.1) is 0 Å². The number of aromatic nitrogens is 5. The zero-order valence-electron chi connectivity index (χ0n) is 13.4. The van der Waals surface area contributed by atoms with Crippen molar-refractivity contribution in [3.63, 3.8) is 0 Å². The Labute approximate surface area is 138 Å². The number of fused-ring (bicyclic) bond motifs is 1. The van der Waals surface area contributed by atoms with Gasteiger partial charge in [0.05, 0.1) is 18.1 Å². The molecule has 0 radical (unpaired) electrons. The summed E-state index contributed by atoms with van der Waals surface area (Å²) in [4.78, 5) is 24.9. The van der Waals surface area contributed by atoms with E-state index in [-0.39, 0.29) is 5.56 Å². The number of hydrogen-bond donors (Lipinski definition) is 4. The van der Waals surface area contributed by atoms with Crippen LogP contribution in [0.15, 0.2) is 29.3 Å². The quantitative estimate of drug-likeness (QED) is 0.491. The maximum Gasteiger partial charge on any atom is 0.277 e. The Morgan fingerprint density at radius 3 is 2.79 bits per heavy atom. The number of rotatable bonds is 6. The lowest BCUT2D eigenvalue weighted by molar-refractivity contribution is 0.821. The molecule has 3 aromatic rings. The minimum absolute atomic E-state index is 0.340. The molecule has 0 saturated carbocycles. The summed E-state index contributed by atoms with van der Waals surface area (Å²) in [6.07, 6.45) is 3.18. The topological polar surface area (TPSA) is 121 Å². The van der Waals surface area contributed by atoms with Crippen molar-refractivity contribution in [3.05, 3.63) is 40.7 Å². The van der Waals surface area contributed by atoms with E-state index in [9.17, 15) is 4.79 Å². The van der Waals surface area contributed by atoms with Gasteiger partial charge in [-0.3, -0.25) is 4.79 Å². The van der Waals surface area contributed by atoms with E-state index >= 15 is 0 Å². The van der Waals surface area contributed by atoms with Crippen LogP contribution in [0.25, 0.3) is 10.9 Å². The molecule has 9 nitrogen and oxygen atoms in total. The second kappa shape index (κ2) is 7.01. The highest BCUT2D eigenvalue weighted by molar-refractivity contribution is 5.89. The Bertz CT molecular complexity index is 890. The largest absolute Gasteiger partial charge is 0.369 e. The Hall–Kier alpha value is -3.07. The molecule has 9 heteroatoms. The van der Waals surface area contributed by atoms with Crippen LogP contribution < -0.4 is 21.5 Å². The van der Waals surface area contributed by atoms with Crippen molar-refractivity contribution in [1.82, 2.24) is 30.5 Å². The molecule has 0 amide bonds. The SMILES string of the molecule is CNCCNc1ccc(Nc2nc(C)nc3cn[nH]c(=O)c23)cn1. The lowest BCUT2D eigenvalue weighted by Gasteiger charge is -2.10. The number of aryl methyl sites for hydroxylation is 1. The predicted molar refractivity (Wildman–Crippen MR) is 92.6 cm³/mol. The first-order valence-corrected chi connectivity index (χ1v) is 7.51. The molecule has 0 aromatic carbocycles. The van der Waals surface area contributed by atoms with Crippen LogP contribution in [0.3, 0.4) is 0 Å². The molecule has 3 aromatic heterocycles. The highest BCUT2D eigenvalue weighted by Crippen LogP contribution is 2.20. The Balaban J connectivity index is 1.86. The Morgan fingerprint density at radius 1 is 1.17 bits per heavy atom. The molecular weight excluding hydrogens is 308 g/mol. The summed E-state index contributed by atoms with van der Waals surface area (Å²) in [5.41, 5.74) is 0.880. The van der Waals surface area contributed by atoms with Gasteiger partial charge in [0.2, 0.25) is 0 Å². The minimum atomic E-state index is -0.340. The molecular formula is C15H18N8O. The van der Waals surface area contributed by atoms with Gasteiger partial charge >= 0.3 is 0 Å². The molecule has 0 spiro atoms. The van der Waals surface area contributed by atoms with E-state index in [0.717, 1.165) is 24.6 Å². The third-order valence-electron chi connectivity index (χ3n) is 3.34. The van der Waals surface area contributed by atoms with Crippen LogP contribution in [-0.4, -0.2) is 45.3 Å². The van der Waals surface area contributed by atoms with E-state index in [0.29, 0.717) is 22.5 Å². The third kappa shape index (κ3) is 3.46. The second-order valence-corrected chi connectivity index (χ2v) is 5.17. The number of hydrogen-bond acceptors (Lipinski definition) is 8. The first kappa shape index (κ1) is 15.8. The van der Waals surface area contributed by atoms with Gasteiger partial charge < -0.3 is 16.0 Å². The zero-order chi connectivity index (χ0) is 16.9. The van der Waals surface area contributed by atoms with Gasteiger partial charge in [0.15, 0.2) is 0 Å². The lowest BCUT2D eigenvalue weighted by atomic mass is 10.3. The molecule has 0 fully saturated rings. The number of anilines is 3. The van der Waals surface area contributed by atoms with Crippen LogP contribution in [0.5, 0.6) is 0 Å². The number of pyridine rings is 1. The third-order valence-corrected chi connectivity index (χ3v) is 3.34. The number of H-pyrrole nitrogens is 1. The van der Waals surface area contributed by atoms with Gasteiger partial charge in [0.25, 0.3) is 5.56 Å². The molecule has 124 valence electrons. The summed E-state index contributed by atoms with van der Waals surface area (Å²) < 4.78 is 0. The Kier molecular flexibility index (Phi) is 4.62. The van der Waals surface area contributed by atoms with Crippen LogP contribution in [0.4, 0.5) is 17.3 Å². The summed E-state index contributed by atoms with van der Waals surface area (Å²) in [6.45, 7) is 3.40. The van der Waals surface area contributed by atoms with E-state index in [4.69, 9.17) is 0 Å². The molecule has 4 N–H and O–H groups in total. The maximum absolute atomic E-state index is 12.0. The van der Waals surface area contributed by atoms with E-state index < -0.39 is 0 Å². The highest BCUT2D eigenvalue weighted by Gasteiger charge is 2.10. The molecule has 0 saturated heterocycles. The van der Waals surface area contributed by atoms with Crippen molar-refractivity contribution in [1.29, 1.82) is 0 Å². The first-order valence-electron chi connectivity index (χ1n) is 7.51. The summed E-state index contributed by atoms with van der Waals surface area (Å²) in [5.74, 6) is 1.76. The number of aromatic amines is 1. The van der Waals surface area contributed by atoms with Gasteiger partial charge in [0.1, 0.15) is 28.4 Å². The van der Waals surface area contributed by atoms with Crippen molar-refractivity contribution >= 4 is 28.2 Å². The van der Waals surface area contributed by atoms with Crippen molar-refractivity contribution in [2.75, 3.05) is 30.8 Å². The summed E-state index contributed by atoms with van der Waals surface area (Å²) in [5, 5.41) is 15.9. The average molecular weight is 326 g/mol. The molecule has 3 rings (SSSR count). The molecule has 24 heavy (non-hydrogen) atoms. The average Bonchev–Trinajstić information content (AvgIpc) is 2.56. The number of likely N-dealkylation sites (N-methyl/N-ethyl adjacent to an activating group) is 1. The van der Waals surface area contributed by atoms with Crippen molar-refractivity contribution in [2.24, 2.45) is 0 Å². The van der Waals surface area contributed by atoms with Crippen LogP contribution in [-0.2, 0) is 0 Å². The first-order chi connectivity index (χ1) is 11.7. The molecule has 0 atom stereocenters. The fourth-order valence-corrected chi connectivity index (χ4v) is 2.23. The Morgan fingerprint density at radius 2 is 2.04 bits per heavy atom. The van der Waals surface area contributed by atoms with Gasteiger partial charge in [-0.2, -0.15) is 5.10 Å². The second-order valence-electron chi connectivity index (χ2n) is 5.17. The summed E-state index contributed by atoms with van der Waals surface area (Å²) >= 11 is 0. The molecule has 0 aliphatic carbocycles. The zero-order valence-corrected chi connectivity index (χ0v) is 13.4. The molecule has 0 bridgehead atoms. The van der Waals surface area contributed by atoms with Crippen LogP contribution in [0, 0.1) is 6.92 Å². The molecule has 0 aliphatic rings. The van der Waals surface area contributed by atoms with Crippen LogP contribution in [0.2, 0.25) is 0 Å². The monoisotopic (exact) mass is 326 g/mol. The van der Waals surface area contributed by atoms with Gasteiger partial charge in [0, 0.05) is 13.1 Å². The molecule has 0 unspecified atom stereocenters. The van der Waals surface area contributed by atoms with Gasteiger partial charge in [-0.25, -0.2) is 20.1 Å². The smallest absolute Gasteiger partial charge is 0.277 e. The van der Waals surface area contributed by atoms with Crippen molar-refractivity contribution in [3.8, 4) is 0 Å². The maximum atomic E-state index is 12.0. The highest BCUT2D eigenvalue weighted by atomic mass is 16.1. The molecule has 3 heterocycles. The fraction of sp³-hybridized carbons (Fsp3) is 0.267.